The molecule has 0 spiro atoms. The summed E-state index contributed by atoms with van der Waals surface area (Å²) < 4.78 is 24.8. The van der Waals surface area contributed by atoms with Gasteiger partial charge in [0.25, 0.3) is 0 Å². The first-order valence-electron chi connectivity index (χ1n) is 18.0. The smallest absolute Gasteiger partial charge is 0.126 e. The minimum Gasteiger partial charge on any atom is -0.507 e. The number of hydrogen-bond donors (Lipinski definition) is 2. The molecule has 4 aromatic carbocycles. The van der Waals surface area contributed by atoms with E-state index in [1.807, 2.05) is 24.3 Å². The Morgan fingerprint density at radius 1 is 0.480 bits per heavy atom. The second-order valence-electron chi connectivity index (χ2n) is 15.7. The quantitative estimate of drug-likeness (QED) is 0.170. The average Bonchev–Trinajstić information content (AvgIpc) is 3.05. The van der Waals surface area contributed by atoms with E-state index in [9.17, 15) is 10.2 Å². The van der Waals surface area contributed by atoms with E-state index in [0.717, 1.165) is 80.0 Å². The normalized spacial score (nSPS) is 13.2. The van der Waals surface area contributed by atoms with E-state index in [-0.39, 0.29) is 22.3 Å². The second kappa shape index (κ2) is 14.9. The average molecular weight is 681 g/mol. The number of aromatic hydroxyl groups is 2. The maximum atomic E-state index is 12.0. The summed E-state index contributed by atoms with van der Waals surface area (Å²) in [5.41, 5.74) is 8.97. The van der Waals surface area contributed by atoms with E-state index in [0.29, 0.717) is 50.4 Å². The van der Waals surface area contributed by atoms with Gasteiger partial charge in [-0.05, 0) is 81.3 Å². The summed E-state index contributed by atoms with van der Waals surface area (Å²) in [7, 11) is 3.34. The molecule has 0 atom stereocenters. The summed E-state index contributed by atoms with van der Waals surface area (Å²) in [4.78, 5) is 0. The van der Waals surface area contributed by atoms with Crippen LogP contribution in [0, 0.1) is 0 Å². The van der Waals surface area contributed by atoms with Crippen molar-refractivity contribution in [3.63, 3.8) is 0 Å². The second-order valence-corrected chi connectivity index (χ2v) is 15.7. The first-order valence-corrected chi connectivity index (χ1v) is 18.0. The van der Waals surface area contributed by atoms with Crippen LogP contribution in [0.1, 0.15) is 124 Å². The molecule has 6 nitrogen and oxygen atoms in total. The van der Waals surface area contributed by atoms with E-state index >= 15 is 0 Å². The van der Waals surface area contributed by atoms with Crippen LogP contribution in [0.15, 0.2) is 48.5 Å². The van der Waals surface area contributed by atoms with Gasteiger partial charge in [-0.25, -0.2) is 0 Å². The number of benzene rings is 4. The van der Waals surface area contributed by atoms with Gasteiger partial charge in [-0.1, -0.05) is 79.7 Å². The van der Waals surface area contributed by atoms with Crippen LogP contribution < -0.4 is 18.9 Å². The first-order chi connectivity index (χ1) is 23.7. The van der Waals surface area contributed by atoms with E-state index < -0.39 is 0 Å². The molecule has 0 unspecified atom stereocenters. The molecular formula is C44H56O6. The van der Waals surface area contributed by atoms with Crippen LogP contribution in [-0.2, 0) is 36.5 Å². The molecule has 0 radical (unpaired) electrons. The van der Waals surface area contributed by atoms with Crippen molar-refractivity contribution in [2.45, 2.75) is 105 Å². The summed E-state index contributed by atoms with van der Waals surface area (Å²) >= 11 is 0. The Morgan fingerprint density at radius 3 is 0.980 bits per heavy atom. The molecule has 1 aliphatic rings. The van der Waals surface area contributed by atoms with Gasteiger partial charge in [-0.15, -0.1) is 0 Å². The molecule has 0 aromatic heterocycles. The number of rotatable bonds is 8. The zero-order valence-electron chi connectivity index (χ0n) is 31.8. The highest BCUT2D eigenvalue weighted by Gasteiger charge is 2.26. The molecule has 0 aliphatic heterocycles. The molecule has 2 N–H and O–H groups in total. The fraction of sp³-hybridized carbons (Fsp3) is 0.455. The molecule has 0 heterocycles. The predicted octanol–water partition coefficient (Wildman–Crippen LogP) is 9.96. The van der Waals surface area contributed by atoms with Crippen LogP contribution in [0.3, 0.4) is 0 Å². The molecule has 0 fully saturated rings. The highest BCUT2D eigenvalue weighted by molar-refractivity contribution is 5.59. The zero-order valence-corrected chi connectivity index (χ0v) is 31.8. The van der Waals surface area contributed by atoms with E-state index in [1.165, 1.54) is 0 Å². The third-order valence-corrected chi connectivity index (χ3v) is 9.60. The van der Waals surface area contributed by atoms with Crippen molar-refractivity contribution in [1.82, 2.24) is 0 Å². The Morgan fingerprint density at radius 2 is 0.760 bits per heavy atom. The molecule has 0 saturated carbocycles. The highest BCUT2D eigenvalue weighted by Crippen LogP contribution is 2.43. The monoisotopic (exact) mass is 680 g/mol. The topological polar surface area (TPSA) is 77.4 Å². The van der Waals surface area contributed by atoms with Gasteiger partial charge in [-0.3, -0.25) is 0 Å². The Balaban J connectivity index is 1.88. The molecule has 0 amide bonds. The lowest BCUT2D eigenvalue weighted by molar-refractivity contribution is 0.311. The number of ether oxygens (including phenoxy) is 4. The van der Waals surface area contributed by atoms with Crippen molar-refractivity contribution in [3.8, 4) is 34.5 Å². The van der Waals surface area contributed by atoms with Crippen LogP contribution in [0.2, 0.25) is 0 Å². The molecule has 1 aliphatic carbocycles. The third kappa shape index (κ3) is 8.01. The molecule has 8 bridgehead atoms. The lowest BCUT2D eigenvalue weighted by Crippen LogP contribution is -2.15. The van der Waals surface area contributed by atoms with Gasteiger partial charge in [0.1, 0.15) is 34.5 Å². The molecule has 6 heteroatoms. The SMILES string of the molecule is CCCOc1c2cc(C(C)(C)C)cc1Cc1cc(OC)cc(c1O)Cc1cc(C(C)(C)C)cc(c1OCCC)Cc1cc(OC)cc(c1O)C2. The fourth-order valence-electron chi connectivity index (χ4n) is 6.73. The number of phenols is 2. The molecular weight excluding hydrogens is 624 g/mol. The summed E-state index contributed by atoms with van der Waals surface area (Å²) in [5.74, 6) is 3.45. The fourth-order valence-corrected chi connectivity index (χ4v) is 6.73. The Labute approximate surface area is 299 Å². The van der Waals surface area contributed by atoms with E-state index in [1.54, 1.807) is 14.2 Å². The maximum absolute atomic E-state index is 12.0. The maximum Gasteiger partial charge on any atom is 0.126 e. The van der Waals surface area contributed by atoms with Crippen molar-refractivity contribution >= 4 is 0 Å². The van der Waals surface area contributed by atoms with Gasteiger partial charge in [0.05, 0.1) is 27.4 Å². The largest absolute Gasteiger partial charge is 0.507 e. The third-order valence-electron chi connectivity index (χ3n) is 9.60. The molecule has 5 rings (SSSR count). The number of methoxy groups -OCH3 is 2. The molecule has 50 heavy (non-hydrogen) atoms. The number of fused-ring (bicyclic) bond motifs is 8. The highest BCUT2D eigenvalue weighted by atomic mass is 16.5. The molecule has 268 valence electrons. The van der Waals surface area contributed by atoms with Gasteiger partial charge in [0.2, 0.25) is 0 Å². The van der Waals surface area contributed by atoms with Crippen molar-refractivity contribution in [3.05, 3.63) is 104 Å². The number of hydrogen-bond acceptors (Lipinski definition) is 6. The Bertz CT molecular complexity index is 1610. The zero-order chi connectivity index (χ0) is 36.4. The Kier molecular flexibility index (Phi) is 11.0. The Hall–Kier alpha value is -4.32. The van der Waals surface area contributed by atoms with Crippen LogP contribution in [0.5, 0.6) is 34.5 Å². The lowest BCUT2D eigenvalue weighted by Gasteiger charge is -2.26. The van der Waals surface area contributed by atoms with Crippen LogP contribution in [0.25, 0.3) is 0 Å². The van der Waals surface area contributed by atoms with Gasteiger partial charge >= 0.3 is 0 Å². The molecule has 0 saturated heterocycles. The predicted molar refractivity (Wildman–Crippen MR) is 202 cm³/mol. The van der Waals surface area contributed by atoms with Crippen molar-refractivity contribution in [2.24, 2.45) is 0 Å². The van der Waals surface area contributed by atoms with Crippen LogP contribution in [-0.4, -0.2) is 37.6 Å². The number of phenolic OH excluding ortho intramolecular Hbond substituents is 2. The van der Waals surface area contributed by atoms with Crippen molar-refractivity contribution in [2.75, 3.05) is 27.4 Å². The van der Waals surface area contributed by atoms with E-state index in [4.69, 9.17) is 18.9 Å². The standard InChI is InChI=1S/C44H56O6/c1-11-13-49-41-31-15-27-23-37(47-9)25-29(39(27)45)17-33-21-36(44(6,7)8)22-34(42(33)50-14-12-2)18-30-26-38(48-10)24-28(40(30)46)16-32(41)20-35(19-31)43(3,4)5/h19-26,45-46H,11-18H2,1-10H3. The van der Waals surface area contributed by atoms with Crippen LogP contribution in [0.4, 0.5) is 0 Å². The molecule has 4 aromatic rings. The van der Waals surface area contributed by atoms with Gasteiger partial charge in [0.15, 0.2) is 0 Å². The minimum atomic E-state index is -0.154. The lowest BCUT2D eigenvalue weighted by atomic mass is 9.81. The van der Waals surface area contributed by atoms with Crippen LogP contribution >= 0.6 is 0 Å². The van der Waals surface area contributed by atoms with Crippen molar-refractivity contribution < 1.29 is 29.2 Å². The minimum absolute atomic E-state index is 0.154. The summed E-state index contributed by atoms with van der Waals surface area (Å²) in [6, 6.07) is 16.6. The summed E-state index contributed by atoms with van der Waals surface area (Å²) in [6.45, 7) is 18.5. The van der Waals surface area contributed by atoms with Gasteiger partial charge in [-0.2, -0.15) is 0 Å². The van der Waals surface area contributed by atoms with Crippen molar-refractivity contribution in [1.29, 1.82) is 0 Å². The first kappa shape index (κ1) is 36.9. The van der Waals surface area contributed by atoms with Gasteiger partial charge in [0, 0.05) is 47.9 Å². The van der Waals surface area contributed by atoms with Gasteiger partial charge < -0.3 is 29.2 Å². The van der Waals surface area contributed by atoms with E-state index in [2.05, 4.69) is 79.7 Å². The summed E-state index contributed by atoms with van der Waals surface area (Å²) in [6.07, 6.45) is 3.45. The summed E-state index contributed by atoms with van der Waals surface area (Å²) in [5, 5.41) is 24.1.